The van der Waals surface area contributed by atoms with E-state index in [0.717, 1.165) is 36.8 Å². The predicted octanol–water partition coefficient (Wildman–Crippen LogP) is 8.39. The Balaban J connectivity index is 1.62. The molecule has 0 amide bonds. The van der Waals surface area contributed by atoms with E-state index in [0.29, 0.717) is 36.0 Å². The summed E-state index contributed by atoms with van der Waals surface area (Å²) >= 11 is 0. The molecule has 0 radical (unpaired) electrons. The number of aromatic nitrogens is 1. The molecule has 0 aliphatic rings. The number of unbranched alkanes of at least 4 members (excludes halogenated alkanes) is 6. The van der Waals surface area contributed by atoms with Gasteiger partial charge in [-0.2, -0.15) is 0 Å². The number of nitrogens with zero attached hydrogens (tertiary/aromatic N) is 1. The molecule has 0 fully saturated rings. The van der Waals surface area contributed by atoms with Gasteiger partial charge in [0.05, 0.1) is 18.8 Å². The van der Waals surface area contributed by atoms with Gasteiger partial charge in [-0.25, -0.2) is 4.79 Å². The summed E-state index contributed by atoms with van der Waals surface area (Å²) in [5.41, 5.74) is 2.52. The van der Waals surface area contributed by atoms with Crippen LogP contribution in [0.15, 0.2) is 67.0 Å². The zero-order valence-electron chi connectivity index (χ0n) is 22.2. The van der Waals surface area contributed by atoms with Gasteiger partial charge in [0.15, 0.2) is 11.5 Å². The predicted molar refractivity (Wildman–Crippen MR) is 150 cm³/mol. The summed E-state index contributed by atoms with van der Waals surface area (Å²) < 4.78 is 17.7. The fourth-order valence-corrected chi connectivity index (χ4v) is 3.77. The van der Waals surface area contributed by atoms with Crippen molar-refractivity contribution in [2.45, 2.75) is 65.2 Å². The van der Waals surface area contributed by atoms with Gasteiger partial charge in [-0.15, -0.1) is 0 Å². The van der Waals surface area contributed by atoms with Crippen LogP contribution in [0.2, 0.25) is 0 Å². The summed E-state index contributed by atoms with van der Waals surface area (Å²) in [7, 11) is 0. The molecule has 37 heavy (non-hydrogen) atoms. The zero-order valence-corrected chi connectivity index (χ0v) is 22.2. The van der Waals surface area contributed by atoms with Gasteiger partial charge in [0.1, 0.15) is 5.75 Å². The van der Waals surface area contributed by atoms with Crippen LogP contribution in [0.4, 0.5) is 0 Å². The maximum Gasteiger partial charge on any atom is 0.343 e. The molecule has 0 aliphatic carbocycles. The second kappa shape index (κ2) is 16.2. The number of hydrogen-bond acceptors (Lipinski definition) is 5. The molecule has 0 saturated carbocycles. The Morgan fingerprint density at radius 1 is 0.703 bits per heavy atom. The van der Waals surface area contributed by atoms with Crippen LogP contribution >= 0.6 is 0 Å². The van der Waals surface area contributed by atoms with Crippen LogP contribution in [-0.2, 0) is 0 Å². The van der Waals surface area contributed by atoms with Gasteiger partial charge in [0.25, 0.3) is 0 Å². The standard InChI is InChI=1S/C32H39NO4/c1-3-5-7-9-23-35-30-18-15-28(25-31(30)36-24-10-8-6-4-2)32(34)37-29-16-13-26(14-17-29)11-12-27-19-21-33-22-20-27/h11-22,25H,3-10,23-24H2,1-2H3/b12-11+. The van der Waals surface area contributed by atoms with Crippen LogP contribution < -0.4 is 14.2 Å². The summed E-state index contributed by atoms with van der Waals surface area (Å²) in [6, 6.07) is 16.6. The molecule has 0 bridgehead atoms. The molecule has 196 valence electrons. The van der Waals surface area contributed by atoms with Crippen LogP contribution in [0.3, 0.4) is 0 Å². The minimum atomic E-state index is -0.426. The summed E-state index contributed by atoms with van der Waals surface area (Å²) in [5, 5.41) is 0. The van der Waals surface area contributed by atoms with E-state index in [-0.39, 0.29) is 0 Å². The van der Waals surface area contributed by atoms with Crippen molar-refractivity contribution in [2.75, 3.05) is 13.2 Å². The van der Waals surface area contributed by atoms with Crippen molar-refractivity contribution in [1.29, 1.82) is 0 Å². The number of hydrogen-bond donors (Lipinski definition) is 0. The van der Waals surface area contributed by atoms with E-state index in [1.54, 1.807) is 36.7 Å². The van der Waals surface area contributed by atoms with E-state index in [9.17, 15) is 4.79 Å². The van der Waals surface area contributed by atoms with E-state index in [1.807, 2.05) is 42.5 Å². The van der Waals surface area contributed by atoms with Crippen LogP contribution in [0.1, 0.15) is 86.7 Å². The molecule has 5 heteroatoms. The normalized spacial score (nSPS) is 11.0. The van der Waals surface area contributed by atoms with E-state index in [1.165, 1.54) is 25.7 Å². The Morgan fingerprint density at radius 3 is 1.92 bits per heavy atom. The Bertz CT molecular complexity index is 1090. The molecule has 1 aromatic heterocycles. The van der Waals surface area contributed by atoms with Crippen molar-refractivity contribution < 1.29 is 19.0 Å². The van der Waals surface area contributed by atoms with Crippen molar-refractivity contribution in [2.24, 2.45) is 0 Å². The molecular weight excluding hydrogens is 462 g/mol. The highest BCUT2D eigenvalue weighted by Crippen LogP contribution is 2.30. The van der Waals surface area contributed by atoms with Gasteiger partial charge in [-0.05, 0) is 66.4 Å². The van der Waals surface area contributed by atoms with Crippen molar-refractivity contribution in [3.63, 3.8) is 0 Å². The van der Waals surface area contributed by atoms with E-state index in [2.05, 4.69) is 18.8 Å². The molecule has 5 nitrogen and oxygen atoms in total. The average Bonchev–Trinajstić information content (AvgIpc) is 2.93. The van der Waals surface area contributed by atoms with Gasteiger partial charge in [-0.3, -0.25) is 4.98 Å². The molecule has 0 atom stereocenters. The molecule has 0 aliphatic heterocycles. The Labute approximate surface area is 221 Å². The maximum absolute atomic E-state index is 12.9. The lowest BCUT2D eigenvalue weighted by Gasteiger charge is -2.14. The van der Waals surface area contributed by atoms with Crippen molar-refractivity contribution in [3.05, 3.63) is 83.7 Å². The fraction of sp³-hybridized carbons (Fsp3) is 0.375. The number of carbonyl (C=O) groups is 1. The lowest BCUT2D eigenvalue weighted by molar-refractivity contribution is 0.0734. The first kappa shape index (κ1) is 28.0. The summed E-state index contributed by atoms with van der Waals surface area (Å²) in [6.07, 6.45) is 16.5. The summed E-state index contributed by atoms with van der Waals surface area (Å²) in [6.45, 7) is 5.61. The number of esters is 1. The number of ether oxygens (including phenoxy) is 3. The van der Waals surface area contributed by atoms with Crippen LogP contribution in [-0.4, -0.2) is 24.2 Å². The Hall–Kier alpha value is -3.60. The molecule has 0 N–H and O–H groups in total. The fourth-order valence-electron chi connectivity index (χ4n) is 3.77. The number of carbonyl (C=O) groups excluding carboxylic acids is 1. The van der Waals surface area contributed by atoms with Crippen LogP contribution in [0, 0.1) is 0 Å². The smallest absolute Gasteiger partial charge is 0.343 e. The zero-order chi connectivity index (χ0) is 26.1. The van der Waals surface area contributed by atoms with Crippen LogP contribution in [0.5, 0.6) is 17.2 Å². The second-order valence-electron chi connectivity index (χ2n) is 9.05. The third kappa shape index (κ3) is 10.1. The first-order chi connectivity index (χ1) is 18.2. The largest absolute Gasteiger partial charge is 0.490 e. The van der Waals surface area contributed by atoms with Crippen molar-refractivity contribution in [1.82, 2.24) is 4.98 Å². The molecule has 2 aromatic carbocycles. The number of rotatable bonds is 16. The van der Waals surface area contributed by atoms with Crippen molar-refractivity contribution in [3.8, 4) is 17.2 Å². The molecule has 0 unspecified atom stereocenters. The van der Waals surface area contributed by atoms with E-state index >= 15 is 0 Å². The monoisotopic (exact) mass is 501 g/mol. The quantitative estimate of drug-likeness (QED) is 0.112. The maximum atomic E-state index is 12.9. The third-order valence-electron chi connectivity index (χ3n) is 5.96. The van der Waals surface area contributed by atoms with E-state index in [4.69, 9.17) is 14.2 Å². The number of pyridine rings is 1. The molecular formula is C32H39NO4. The highest BCUT2D eigenvalue weighted by atomic mass is 16.5. The third-order valence-corrected chi connectivity index (χ3v) is 5.96. The molecule has 1 heterocycles. The van der Waals surface area contributed by atoms with Gasteiger partial charge >= 0.3 is 5.97 Å². The lowest BCUT2D eigenvalue weighted by atomic mass is 10.1. The molecule has 0 saturated heterocycles. The highest BCUT2D eigenvalue weighted by molar-refractivity contribution is 5.92. The van der Waals surface area contributed by atoms with Gasteiger partial charge < -0.3 is 14.2 Å². The average molecular weight is 502 g/mol. The van der Waals surface area contributed by atoms with Gasteiger partial charge in [0.2, 0.25) is 0 Å². The van der Waals surface area contributed by atoms with E-state index < -0.39 is 5.97 Å². The van der Waals surface area contributed by atoms with Crippen LogP contribution in [0.25, 0.3) is 12.2 Å². The second-order valence-corrected chi connectivity index (χ2v) is 9.05. The minimum Gasteiger partial charge on any atom is -0.490 e. The van der Waals surface area contributed by atoms with Gasteiger partial charge in [-0.1, -0.05) is 76.7 Å². The van der Waals surface area contributed by atoms with Gasteiger partial charge in [0, 0.05) is 12.4 Å². The highest BCUT2D eigenvalue weighted by Gasteiger charge is 2.14. The SMILES string of the molecule is CCCCCCOc1ccc(C(=O)Oc2ccc(/C=C/c3ccncc3)cc2)cc1OCCCCCC. The Morgan fingerprint density at radius 2 is 1.30 bits per heavy atom. The lowest BCUT2D eigenvalue weighted by Crippen LogP contribution is -2.10. The molecule has 3 rings (SSSR count). The summed E-state index contributed by atoms with van der Waals surface area (Å²) in [4.78, 5) is 16.9. The number of benzene rings is 2. The summed E-state index contributed by atoms with van der Waals surface area (Å²) in [5.74, 6) is 1.33. The topological polar surface area (TPSA) is 57.7 Å². The van der Waals surface area contributed by atoms with Crippen molar-refractivity contribution >= 4 is 18.1 Å². The Kier molecular flexibility index (Phi) is 12.3. The molecule has 3 aromatic rings. The minimum absolute atomic E-state index is 0.426. The first-order valence-electron chi connectivity index (χ1n) is 13.5. The molecule has 0 spiro atoms. The first-order valence-corrected chi connectivity index (χ1v) is 13.5.